The number of rotatable bonds is 5. The molecule has 6 heteroatoms. The molecule has 0 aliphatic rings. The topological polar surface area (TPSA) is 62.5 Å². The van der Waals surface area contributed by atoms with Crippen LogP contribution in [0.5, 0.6) is 0 Å². The van der Waals surface area contributed by atoms with Crippen LogP contribution in [0.15, 0.2) is 59.0 Å². The van der Waals surface area contributed by atoms with Crippen LogP contribution >= 0.6 is 11.6 Å². The molecule has 0 aliphatic heterocycles. The van der Waals surface area contributed by atoms with E-state index < -0.39 is 5.97 Å². The van der Waals surface area contributed by atoms with Gasteiger partial charge in [0.1, 0.15) is 17.3 Å². The van der Waals surface area contributed by atoms with E-state index in [1.54, 1.807) is 36.4 Å². The van der Waals surface area contributed by atoms with Crippen LogP contribution in [0.3, 0.4) is 0 Å². The Morgan fingerprint density at radius 1 is 1.17 bits per heavy atom. The second-order valence-corrected chi connectivity index (χ2v) is 5.51. The first-order valence-electron chi connectivity index (χ1n) is 7.15. The van der Waals surface area contributed by atoms with Gasteiger partial charge in [-0.25, -0.2) is 9.18 Å². The van der Waals surface area contributed by atoms with Crippen molar-refractivity contribution in [3.63, 3.8) is 0 Å². The lowest BCUT2D eigenvalue weighted by molar-refractivity contribution is 0.0697. The molecule has 0 bridgehead atoms. The number of carbonyl (C=O) groups is 1. The van der Waals surface area contributed by atoms with Crippen molar-refractivity contribution in [1.29, 1.82) is 0 Å². The zero-order chi connectivity index (χ0) is 17.1. The number of hydrogen-bond acceptors (Lipinski definition) is 3. The number of furan rings is 1. The average Bonchev–Trinajstić information content (AvgIpc) is 3.02. The first-order valence-corrected chi connectivity index (χ1v) is 7.53. The van der Waals surface area contributed by atoms with Gasteiger partial charge in [0.2, 0.25) is 0 Å². The summed E-state index contributed by atoms with van der Waals surface area (Å²) in [4.78, 5) is 10.9. The van der Waals surface area contributed by atoms with Gasteiger partial charge >= 0.3 is 5.97 Å². The molecule has 0 aliphatic carbocycles. The van der Waals surface area contributed by atoms with Crippen molar-refractivity contribution in [2.75, 3.05) is 5.32 Å². The number of aromatic carboxylic acids is 1. The smallest absolute Gasteiger partial charge is 0.337 e. The van der Waals surface area contributed by atoms with Crippen molar-refractivity contribution in [2.24, 2.45) is 0 Å². The predicted octanol–water partition coefficient (Wildman–Crippen LogP) is 5.05. The lowest BCUT2D eigenvalue weighted by atomic mass is 10.1. The third-order valence-electron chi connectivity index (χ3n) is 3.47. The van der Waals surface area contributed by atoms with Gasteiger partial charge in [0.05, 0.1) is 22.7 Å². The maximum atomic E-state index is 13.7. The van der Waals surface area contributed by atoms with Gasteiger partial charge in [-0.05, 0) is 42.5 Å². The Bertz CT molecular complexity index is 891. The summed E-state index contributed by atoms with van der Waals surface area (Å²) in [5.41, 5.74) is 1.11. The van der Waals surface area contributed by atoms with Crippen molar-refractivity contribution in [3.05, 3.63) is 76.8 Å². The van der Waals surface area contributed by atoms with Gasteiger partial charge in [0.25, 0.3) is 0 Å². The van der Waals surface area contributed by atoms with E-state index in [-0.39, 0.29) is 16.4 Å². The molecule has 0 saturated heterocycles. The number of halogens is 2. The molecule has 3 aromatic rings. The number of hydrogen-bond donors (Lipinski definition) is 2. The van der Waals surface area contributed by atoms with E-state index >= 15 is 0 Å². The van der Waals surface area contributed by atoms with Gasteiger partial charge in [-0.3, -0.25) is 0 Å². The van der Waals surface area contributed by atoms with E-state index in [0.29, 0.717) is 29.3 Å². The summed E-state index contributed by atoms with van der Waals surface area (Å²) in [6.07, 6.45) is 0. The highest BCUT2D eigenvalue weighted by Gasteiger charge is 2.11. The summed E-state index contributed by atoms with van der Waals surface area (Å²) < 4.78 is 19.4. The van der Waals surface area contributed by atoms with Crippen LogP contribution in [-0.4, -0.2) is 11.1 Å². The van der Waals surface area contributed by atoms with E-state index in [2.05, 4.69) is 5.32 Å². The normalized spacial score (nSPS) is 10.6. The van der Waals surface area contributed by atoms with E-state index in [1.807, 2.05) is 0 Å². The second-order valence-electron chi connectivity index (χ2n) is 5.10. The minimum absolute atomic E-state index is 0.0436. The molecule has 0 amide bonds. The largest absolute Gasteiger partial charge is 0.478 e. The monoisotopic (exact) mass is 345 g/mol. The number of carboxylic acids is 1. The highest BCUT2D eigenvalue weighted by atomic mass is 35.5. The first-order chi connectivity index (χ1) is 11.5. The summed E-state index contributed by atoms with van der Waals surface area (Å²) in [5.74, 6) is -0.356. The maximum absolute atomic E-state index is 13.7. The van der Waals surface area contributed by atoms with Crippen molar-refractivity contribution in [2.45, 2.75) is 6.54 Å². The van der Waals surface area contributed by atoms with E-state index in [0.717, 1.165) is 0 Å². The van der Waals surface area contributed by atoms with Crippen LogP contribution in [0.2, 0.25) is 5.02 Å². The number of benzene rings is 2. The number of anilines is 1. The molecule has 2 aromatic carbocycles. The molecule has 4 nitrogen and oxygen atoms in total. The van der Waals surface area contributed by atoms with Crippen molar-refractivity contribution in [3.8, 4) is 11.3 Å². The van der Waals surface area contributed by atoms with Crippen LogP contribution in [0.25, 0.3) is 11.3 Å². The van der Waals surface area contributed by atoms with Crippen LogP contribution < -0.4 is 5.32 Å². The highest BCUT2D eigenvalue weighted by Crippen LogP contribution is 2.26. The third kappa shape index (κ3) is 3.41. The molecule has 0 spiro atoms. The van der Waals surface area contributed by atoms with Gasteiger partial charge in [-0.15, -0.1) is 0 Å². The molecular formula is C18H13ClFNO3. The lowest BCUT2D eigenvalue weighted by Crippen LogP contribution is -2.01. The Morgan fingerprint density at radius 3 is 2.67 bits per heavy atom. The minimum atomic E-state index is -1.08. The first kappa shape index (κ1) is 16.1. The maximum Gasteiger partial charge on any atom is 0.337 e. The molecule has 24 heavy (non-hydrogen) atoms. The fourth-order valence-corrected chi connectivity index (χ4v) is 2.53. The van der Waals surface area contributed by atoms with Gasteiger partial charge in [-0.2, -0.15) is 0 Å². The molecule has 0 atom stereocenters. The molecule has 122 valence electrons. The molecule has 0 unspecified atom stereocenters. The summed E-state index contributed by atoms with van der Waals surface area (Å²) in [7, 11) is 0. The highest BCUT2D eigenvalue weighted by molar-refractivity contribution is 6.33. The summed E-state index contributed by atoms with van der Waals surface area (Å²) in [6.45, 7) is 0.358. The third-order valence-corrected chi connectivity index (χ3v) is 3.78. The summed E-state index contributed by atoms with van der Waals surface area (Å²) in [5, 5.41) is 12.2. The van der Waals surface area contributed by atoms with Crippen LogP contribution in [0.1, 0.15) is 16.1 Å². The second kappa shape index (κ2) is 6.76. The summed E-state index contributed by atoms with van der Waals surface area (Å²) >= 11 is 5.92. The number of carboxylic acid groups (broad SMARTS) is 1. The van der Waals surface area contributed by atoms with Gasteiger partial charge in [0.15, 0.2) is 0 Å². The van der Waals surface area contributed by atoms with Gasteiger partial charge < -0.3 is 14.8 Å². The van der Waals surface area contributed by atoms with Crippen LogP contribution in [0.4, 0.5) is 10.1 Å². The number of nitrogens with one attached hydrogen (secondary N) is 1. The van der Waals surface area contributed by atoms with Crippen molar-refractivity contribution in [1.82, 2.24) is 0 Å². The Labute approximate surface area is 142 Å². The average molecular weight is 346 g/mol. The standard InChI is InChI=1S/C18H13ClFNO3/c19-15-9-11(5-7-13(15)18(22)23)21-10-12-6-8-17(24-12)14-3-1-2-4-16(14)20/h1-9,21H,10H2,(H,22,23). The van der Waals surface area contributed by atoms with Crippen molar-refractivity contribution >= 4 is 23.3 Å². The zero-order valence-electron chi connectivity index (χ0n) is 12.4. The van der Waals surface area contributed by atoms with E-state index in [4.69, 9.17) is 21.1 Å². The molecule has 2 N–H and O–H groups in total. The summed E-state index contributed by atoms with van der Waals surface area (Å²) in [6, 6.07) is 14.4. The van der Waals surface area contributed by atoms with Crippen LogP contribution in [0, 0.1) is 5.82 Å². The fourth-order valence-electron chi connectivity index (χ4n) is 2.27. The molecule has 1 aromatic heterocycles. The van der Waals surface area contributed by atoms with Crippen LogP contribution in [-0.2, 0) is 6.54 Å². The molecule has 3 rings (SSSR count). The zero-order valence-corrected chi connectivity index (χ0v) is 13.2. The predicted molar refractivity (Wildman–Crippen MR) is 89.8 cm³/mol. The van der Waals surface area contributed by atoms with E-state index in [1.165, 1.54) is 18.2 Å². The fraction of sp³-hybridized carbons (Fsp3) is 0.0556. The Balaban J connectivity index is 1.71. The van der Waals surface area contributed by atoms with E-state index in [9.17, 15) is 9.18 Å². The molecule has 1 heterocycles. The molecule has 0 fully saturated rings. The Morgan fingerprint density at radius 2 is 1.96 bits per heavy atom. The Kier molecular flexibility index (Phi) is 4.53. The quantitative estimate of drug-likeness (QED) is 0.679. The molecule has 0 saturated carbocycles. The van der Waals surface area contributed by atoms with Gasteiger partial charge in [-0.1, -0.05) is 23.7 Å². The van der Waals surface area contributed by atoms with Crippen molar-refractivity contribution < 1.29 is 18.7 Å². The lowest BCUT2D eigenvalue weighted by Gasteiger charge is -2.06. The molecule has 0 radical (unpaired) electrons. The Hall–Kier alpha value is -2.79. The van der Waals surface area contributed by atoms with Gasteiger partial charge in [0, 0.05) is 5.69 Å². The minimum Gasteiger partial charge on any atom is -0.478 e. The SMILES string of the molecule is O=C(O)c1ccc(NCc2ccc(-c3ccccc3F)o2)cc1Cl. The molecular weight excluding hydrogens is 333 g/mol.